The molecule has 6 heteroatoms. The molecule has 1 N–H and O–H groups in total. The molecular weight excluding hydrogens is 246 g/mol. The monoisotopic (exact) mass is 256 g/mol. The van der Waals surface area contributed by atoms with E-state index in [1.165, 1.54) is 6.07 Å². The van der Waals surface area contributed by atoms with Gasteiger partial charge in [-0.2, -0.15) is 0 Å². The molecule has 1 aromatic carbocycles. The second-order valence-electron chi connectivity index (χ2n) is 4.00. The number of ether oxygens (including phenoxy) is 1. The van der Waals surface area contributed by atoms with E-state index in [1.54, 1.807) is 30.5 Å². The summed E-state index contributed by atoms with van der Waals surface area (Å²) >= 11 is 0. The van der Waals surface area contributed by atoms with E-state index in [4.69, 9.17) is 4.74 Å². The molecule has 3 rings (SSSR count). The summed E-state index contributed by atoms with van der Waals surface area (Å²) in [5.41, 5.74) is 1.57. The first-order chi connectivity index (χ1) is 9.25. The van der Waals surface area contributed by atoms with Crippen LogP contribution in [0.5, 0.6) is 5.75 Å². The van der Waals surface area contributed by atoms with Crippen LogP contribution in [0, 0.1) is 10.4 Å². The highest BCUT2D eigenvalue weighted by Gasteiger charge is 2.19. The Balaban J connectivity index is 2.09. The second kappa shape index (κ2) is 4.77. The molecule has 1 aliphatic heterocycles. The minimum Gasteiger partial charge on any atom is -0.628 e. The van der Waals surface area contributed by atoms with Crippen molar-refractivity contribution < 1.29 is 9.96 Å². The quantitative estimate of drug-likeness (QED) is 0.815. The van der Waals surface area contributed by atoms with Gasteiger partial charge in [-0.1, -0.05) is 12.1 Å². The van der Waals surface area contributed by atoms with Gasteiger partial charge in [-0.25, -0.2) is 4.99 Å². The van der Waals surface area contributed by atoms with Crippen LogP contribution in [0.3, 0.4) is 0 Å². The van der Waals surface area contributed by atoms with Crippen molar-refractivity contribution in [2.45, 2.75) is 0 Å². The fraction of sp³-hybridized carbons (Fsp3) is 0.0769. The van der Waals surface area contributed by atoms with Crippen LogP contribution in [0.4, 0.5) is 11.4 Å². The zero-order chi connectivity index (χ0) is 13.2. The number of fused-ring (bicyclic) bond motifs is 1. The van der Waals surface area contributed by atoms with Crippen LogP contribution in [-0.2, 0) is 0 Å². The minimum atomic E-state index is -1.27. The Morgan fingerprint density at radius 1 is 1.11 bits per heavy atom. The van der Waals surface area contributed by atoms with E-state index in [-0.39, 0.29) is 18.0 Å². The first-order valence-corrected chi connectivity index (χ1v) is 5.72. The second-order valence-corrected chi connectivity index (χ2v) is 4.00. The molecule has 2 aromatic rings. The lowest BCUT2D eigenvalue weighted by Crippen LogP contribution is -2.96. The summed E-state index contributed by atoms with van der Waals surface area (Å²) < 4.78 is 5.52. The highest BCUT2D eigenvalue weighted by Crippen LogP contribution is 2.36. The Kier molecular flexibility index (Phi) is 2.96. The Bertz CT molecular complexity index is 626. The molecular formula is C13H10N3O3-. The highest BCUT2D eigenvalue weighted by molar-refractivity contribution is 6.03. The third kappa shape index (κ3) is 2.19. The van der Waals surface area contributed by atoms with Gasteiger partial charge in [0.25, 0.3) is 0 Å². The van der Waals surface area contributed by atoms with Crippen LogP contribution < -0.4 is 9.96 Å². The van der Waals surface area contributed by atoms with Gasteiger partial charge in [0.2, 0.25) is 0 Å². The third-order valence-corrected chi connectivity index (χ3v) is 2.79. The fourth-order valence-electron chi connectivity index (χ4n) is 1.90. The van der Waals surface area contributed by atoms with Gasteiger partial charge in [-0.05, 0) is 18.2 Å². The molecule has 19 heavy (non-hydrogen) atoms. The molecule has 0 fully saturated rings. The summed E-state index contributed by atoms with van der Waals surface area (Å²) in [5, 5.41) is 20.9. The molecule has 0 spiro atoms. The van der Waals surface area contributed by atoms with Crippen LogP contribution in [0.2, 0.25) is 0 Å². The Morgan fingerprint density at radius 2 is 2.00 bits per heavy atom. The molecule has 0 saturated carbocycles. The van der Waals surface area contributed by atoms with Crippen molar-refractivity contribution in [1.29, 1.82) is 0 Å². The van der Waals surface area contributed by atoms with Gasteiger partial charge < -0.3 is 20.4 Å². The van der Waals surface area contributed by atoms with Crippen LogP contribution >= 0.6 is 0 Å². The lowest BCUT2D eigenvalue weighted by molar-refractivity contribution is -0.714. The van der Waals surface area contributed by atoms with E-state index in [2.05, 4.69) is 9.98 Å². The molecule has 0 atom stereocenters. The molecule has 0 radical (unpaired) electrons. The summed E-state index contributed by atoms with van der Waals surface area (Å²) in [6.45, 7) is 0.264. The predicted octanol–water partition coefficient (Wildman–Crippen LogP) is 1.11. The number of benzene rings is 1. The molecule has 1 aliphatic rings. The largest absolute Gasteiger partial charge is 0.628 e. The number of hydrogen-bond acceptors (Lipinski definition) is 5. The van der Waals surface area contributed by atoms with Gasteiger partial charge in [0, 0.05) is 12.3 Å². The molecule has 1 aromatic heterocycles. The van der Waals surface area contributed by atoms with Gasteiger partial charge in [0.1, 0.15) is 12.3 Å². The summed E-state index contributed by atoms with van der Waals surface area (Å²) in [5.74, 6) is 0.446. The van der Waals surface area contributed by atoms with E-state index in [1.807, 2.05) is 6.07 Å². The van der Waals surface area contributed by atoms with Gasteiger partial charge in [0.15, 0.2) is 17.1 Å². The van der Waals surface area contributed by atoms with Crippen molar-refractivity contribution in [3.63, 3.8) is 0 Å². The predicted molar refractivity (Wildman–Crippen MR) is 69.7 cm³/mol. The van der Waals surface area contributed by atoms with E-state index in [0.717, 1.165) is 0 Å². The topological polar surface area (TPSA) is 85.0 Å². The summed E-state index contributed by atoms with van der Waals surface area (Å²) in [4.78, 5) is 8.52. The lowest BCUT2D eigenvalue weighted by atomic mass is 10.2. The van der Waals surface area contributed by atoms with E-state index in [9.17, 15) is 10.4 Å². The van der Waals surface area contributed by atoms with Crippen LogP contribution in [0.25, 0.3) is 0 Å². The lowest BCUT2D eigenvalue weighted by Gasteiger charge is -2.28. The molecule has 0 unspecified atom stereocenters. The Morgan fingerprint density at radius 3 is 2.74 bits per heavy atom. The number of para-hydroxylation sites is 1. The standard InChI is InChI=1S/C13H10N3O3/c17-16(18)11-5-3-6-12-13(11)15-10(8-19-12)9-4-1-2-7-14-9/h1-7,16H,8H2/q-1. The minimum absolute atomic E-state index is 0.0191. The van der Waals surface area contributed by atoms with Gasteiger partial charge in [-0.3, -0.25) is 4.98 Å². The van der Waals surface area contributed by atoms with Crippen molar-refractivity contribution in [3.8, 4) is 5.75 Å². The maximum Gasteiger partial charge on any atom is 0.167 e. The number of quaternary nitrogens is 1. The number of rotatable bonds is 2. The zero-order valence-electron chi connectivity index (χ0n) is 9.87. The fourth-order valence-corrected chi connectivity index (χ4v) is 1.90. The highest BCUT2D eigenvalue weighted by atomic mass is 16.8. The first-order valence-electron chi connectivity index (χ1n) is 5.72. The van der Waals surface area contributed by atoms with Crippen molar-refractivity contribution in [1.82, 2.24) is 4.98 Å². The molecule has 0 aliphatic carbocycles. The normalized spacial score (nSPS) is 13.7. The number of nitrogens with zero attached hydrogens (tertiary/aromatic N) is 2. The van der Waals surface area contributed by atoms with Gasteiger partial charge in [-0.15, -0.1) is 0 Å². The van der Waals surface area contributed by atoms with Crippen molar-refractivity contribution in [2.24, 2.45) is 4.99 Å². The number of aliphatic imine (C=N–C) groups is 1. The summed E-state index contributed by atoms with van der Waals surface area (Å²) in [6.07, 6.45) is 1.65. The molecule has 0 bridgehead atoms. The van der Waals surface area contributed by atoms with Crippen molar-refractivity contribution in [3.05, 3.63) is 58.7 Å². The average Bonchev–Trinajstić information content (AvgIpc) is 2.47. The summed E-state index contributed by atoms with van der Waals surface area (Å²) in [7, 11) is 0. The SMILES string of the molecule is [O-][NH+]([O-])c1cccc2c1N=C(c1ccccn1)CO2. The maximum absolute atomic E-state index is 11.1. The van der Waals surface area contributed by atoms with E-state index >= 15 is 0 Å². The molecule has 6 nitrogen and oxygen atoms in total. The van der Waals surface area contributed by atoms with E-state index in [0.29, 0.717) is 17.2 Å². The smallest absolute Gasteiger partial charge is 0.167 e. The van der Waals surface area contributed by atoms with Crippen molar-refractivity contribution >= 4 is 17.1 Å². The van der Waals surface area contributed by atoms with Gasteiger partial charge in [0.05, 0.1) is 5.69 Å². The average molecular weight is 256 g/mol. The Labute approximate surface area is 109 Å². The number of aromatic nitrogens is 1. The van der Waals surface area contributed by atoms with Gasteiger partial charge >= 0.3 is 0 Å². The number of nitrogens with one attached hydrogen (secondary N) is 1. The molecule has 96 valence electrons. The van der Waals surface area contributed by atoms with Crippen LogP contribution in [0.1, 0.15) is 5.69 Å². The Hall–Kier alpha value is -2.28. The summed E-state index contributed by atoms with van der Waals surface area (Å²) in [6, 6.07) is 10.2. The molecule has 0 saturated heterocycles. The molecule has 0 amide bonds. The number of hydrogen-bond donors (Lipinski definition) is 1. The first kappa shape index (κ1) is 11.8. The zero-order valence-corrected chi connectivity index (χ0v) is 9.87. The third-order valence-electron chi connectivity index (χ3n) is 2.79. The van der Waals surface area contributed by atoms with Crippen molar-refractivity contribution in [2.75, 3.05) is 6.61 Å². The van der Waals surface area contributed by atoms with Crippen LogP contribution in [-0.4, -0.2) is 17.3 Å². The number of pyridine rings is 1. The van der Waals surface area contributed by atoms with E-state index < -0.39 is 5.23 Å². The van der Waals surface area contributed by atoms with Crippen LogP contribution in [0.15, 0.2) is 47.6 Å². The molecule has 2 heterocycles. The maximum atomic E-state index is 11.1.